The van der Waals surface area contributed by atoms with E-state index in [1.165, 1.54) is 0 Å². The summed E-state index contributed by atoms with van der Waals surface area (Å²) in [7, 11) is -5.17. The first-order valence-corrected chi connectivity index (χ1v) is 4.02. The molecule has 0 heterocycles. The number of hydrogen-bond donors (Lipinski definition) is 1. The minimum atomic E-state index is -5.17. The molecule has 0 fully saturated rings. The van der Waals surface area contributed by atoms with Gasteiger partial charge in [0.25, 0.3) is 0 Å². The predicted octanol–water partition coefficient (Wildman–Crippen LogP) is -0.562. The van der Waals surface area contributed by atoms with Crippen LogP contribution in [0.1, 0.15) is 19.8 Å². The summed E-state index contributed by atoms with van der Waals surface area (Å²) in [5.41, 5.74) is 0. The molecule has 0 rings (SSSR count). The zero-order valence-corrected chi connectivity index (χ0v) is 7.67. The fourth-order valence-corrected chi connectivity index (χ4v) is 0.158. The van der Waals surface area contributed by atoms with Crippen LogP contribution in [0.4, 0.5) is 0 Å². The van der Waals surface area contributed by atoms with Gasteiger partial charge in [0.15, 0.2) is 0 Å². The number of unbranched alkanes of at least 4 members (excludes halogenated alkanes) is 1. The molecule has 0 saturated carbocycles. The van der Waals surface area contributed by atoms with E-state index in [1.54, 1.807) is 0 Å². The van der Waals surface area contributed by atoms with Crippen LogP contribution in [0.3, 0.4) is 0 Å². The second-order valence-electron chi connectivity index (χ2n) is 1.49. The summed E-state index contributed by atoms with van der Waals surface area (Å²) in [5, 5.41) is 8.07. The number of aliphatic hydroxyl groups is 1. The van der Waals surface area contributed by atoms with Gasteiger partial charge < -0.3 is 14.2 Å². The molecule has 0 unspecified atom stereocenters. The van der Waals surface area contributed by atoms with Crippen LogP contribution in [0.2, 0.25) is 0 Å². The minimum absolute atomic E-state index is 0. The normalized spacial score (nSPS) is 9.09. The SMILES string of the molecule is CCCCO.O=S(=O)([O-])[O-].[Cu+2]. The summed E-state index contributed by atoms with van der Waals surface area (Å²) >= 11 is 0. The summed E-state index contributed by atoms with van der Waals surface area (Å²) < 4.78 is 34.1. The second kappa shape index (κ2) is 10.3. The van der Waals surface area contributed by atoms with Crippen molar-refractivity contribution in [2.24, 2.45) is 0 Å². The maximum atomic E-state index is 8.52. The van der Waals surface area contributed by atoms with Gasteiger partial charge in [0.2, 0.25) is 0 Å². The van der Waals surface area contributed by atoms with E-state index < -0.39 is 10.4 Å². The van der Waals surface area contributed by atoms with Crippen LogP contribution in [0.25, 0.3) is 0 Å². The van der Waals surface area contributed by atoms with Crippen LogP contribution < -0.4 is 0 Å². The van der Waals surface area contributed by atoms with E-state index in [1.807, 2.05) is 0 Å². The average Bonchev–Trinajstić information content (AvgIpc) is 1.63. The molecule has 0 aliphatic carbocycles. The van der Waals surface area contributed by atoms with Crippen molar-refractivity contribution in [3.63, 3.8) is 0 Å². The Kier molecular flexibility index (Phi) is 16.4. The molecule has 0 atom stereocenters. The van der Waals surface area contributed by atoms with Gasteiger partial charge in [-0.05, 0) is 6.42 Å². The molecule has 0 aliphatic rings. The topological polar surface area (TPSA) is 100 Å². The largest absolute Gasteiger partial charge is 2.00 e. The molecule has 0 amide bonds. The first-order valence-electron chi connectivity index (χ1n) is 2.69. The predicted molar refractivity (Wildman–Crippen MR) is 32.5 cm³/mol. The van der Waals surface area contributed by atoms with Crippen molar-refractivity contribution in [2.75, 3.05) is 6.61 Å². The van der Waals surface area contributed by atoms with Crippen molar-refractivity contribution in [1.29, 1.82) is 0 Å². The Morgan fingerprint density at radius 3 is 1.64 bits per heavy atom. The van der Waals surface area contributed by atoms with E-state index in [4.69, 9.17) is 22.6 Å². The van der Waals surface area contributed by atoms with Gasteiger partial charge in [0, 0.05) is 17.0 Å². The van der Waals surface area contributed by atoms with Crippen molar-refractivity contribution in [2.45, 2.75) is 19.8 Å². The van der Waals surface area contributed by atoms with E-state index in [9.17, 15) is 0 Å². The van der Waals surface area contributed by atoms with Gasteiger partial charge in [-0.2, -0.15) is 0 Å². The van der Waals surface area contributed by atoms with E-state index in [2.05, 4.69) is 6.92 Å². The van der Waals surface area contributed by atoms with Crippen LogP contribution in [-0.4, -0.2) is 29.2 Å². The molecule has 5 nitrogen and oxygen atoms in total. The van der Waals surface area contributed by atoms with Gasteiger partial charge in [0.1, 0.15) is 0 Å². The van der Waals surface area contributed by atoms with E-state index >= 15 is 0 Å². The van der Waals surface area contributed by atoms with Crippen LogP contribution >= 0.6 is 0 Å². The number of aliphatic hydroxyl groups excluding tert-OH is 1. The van der Waals surface area contributed by atoms with Crippen LogP contribution in [0, 0.1) is 0 Å². The molecule has 1 N–H and O–H groups in total. The standard InChI is InChI=1S/C4H10O.Cu.H2O4S/c1-2-3-4-5;;1-5(2,3)4/h5H,2-4H2,1H3;;(H2,1,2,3,4)/q;+2;/p-2. The fourth-order valence-electron chi connectivity index (χ4n) is 0.158. The van der Waals surface area contributed by atoms with E-state index in [0.717, 1.165) is 12.8 Å². The Bertz CT molecular complexity index is 133. The molecule has 0 saturated heterocycles. The first-order chi connectivity index (χ1) is 4.41. The third kappa shape index (κ3) is 131. The summed E-state index contributed by atoms with van der Waals surface area (Å²) in [5.74, 6) is 0. The first kappa shape index (κ1) is 17.4. The van der Waals surface area contributed by atoms with E-state index in [0.29, 0.717) is 6.61 Å². The summed E-state index contributed by atoms with van der Waals surface area (Å²) in [6.07, 6.45) is 2.04. The van der Waals surface area contributed by atoms with Crippen LogP contribution in [-0.2, 0) is 27.5 Å². The van der Waals surface area contributed by atoms with Crippen LogP contribution in [0.15, 0.2) is 0 Å². The van der Waals surface area contributed by atoms with Gasteiger partial charge >= 0.3 is 17.1 Å². The quantitative estimate of drug-likeness (QED) is 0.391. The number of hydrogen-bond acceptors (Lipinski definition) is 5. The van der Waals surface area contributed by atoms with Crippen molar-refractivity contribution in [3.8, 4) is 0 Å². The Labute approximate surface area is 76.9 Å². The number of rotatable bonds is 2. The Balaban J connectivity index is -0.000000107. The molecule has 0 aromatic rings. The van der Waals surface area contributed by atoms with Gasteiger partial charge in [-0.25, -0.2) is 0 Å². The van der Waals surface area contributed by atoms with Gasteiger partial charge in [0.05, 0.1) is 0 Å². The Hall–Kier alpha value is 0.349. The molecule has 7 heteroatoms. The monoisotopic (exact) mass is 233 g/mol. The maximum absolute atomic E-state index is 8.52. The average molecular weight is 234 g/mol. The molecule has 0 aromatic carbocycles. The van der Waals surface area contributed by atoms with E-state index in [-0.39, 0.29) is 17.1 Å². The van der Waals surface area contributed by atoms with Gasteiger partial charge in [-0.3, -0.25) is 8.42 Å². The molecule has 0 aliphatic heterocycles. The van der Waals surface area contributed by atoms with Gasteiger partial charge in [-0.15, -0.1) is 0 Å². The van der Waals surface area contributed by atoms with Crippen LogP contribution in [0.5, 0.6) is 0 Å². The zero-order chi connectivity index (χ0) is 8.62. The molecule has 0 bridgehead atoms. The summed E-state index contributed by atoms with van der Waals surface area (Å²) in [6.45, 7) is 2.40. The second-order valence-corrected chi connectivity index (χ2v) is 2.30. The van der Waals surface area contributed by atoms with Gasteiger partial charge in [-0.1, -0.05) is 13.3 Å². The molecule has 1 radical (unpaired) electrons. The fraction of sp³-hybridized carbons (Fsp3) is 1.00. The smallest absolute Gasteiger partial charge is 0.759 e. The Morgan fingerprint density at radius 1 is 1.36 bits per heavy atom. The van der Waals surface area contributed by atoms with Crippen molar-refractivity contribution < 1.29 is 39.7 Å². The summed E-state index contributed by atoms with van der Waals surface area (Å²) in [6, 6.07) is 0. The molecular weight excluding hydrogens is 224 g/mol. The molecule has 0 aromatic heterocycles. The minimum Gasteiger partial charge on any atom is -0.759 e. The third-order valence-electron chi connectivity index (χ3n) is 0.512. The molecule has 0 spiro atoms. The molecule has 73 valence electrons. The third-order valence-corrected chi connectivity index (χ3v) is 0.512. The molecule has 11 heavy (non-hydrogen) atoms. The van der Waals surface area contributed by atoms with Crippen molar-refractivity contribution in [1.82, 2.24) is 0 Å². The zero-order valence-electron chi connectivity index (χ0n) is 5.91. The summed E-state index contributed by atoms with van der Waals surface area (Å²) in [4.78, 5) is 0. The van der Waals surface area contributed by atoms with Crippen molar-refractivity contribution in [3.05, 3.63) is 0 Å². The Morgan fingerprint density at radius 2 is 1.64 bits per heavy atom. The maximum Gasteiger partial charge on any atom is 2.00 e. The van der Waals surface area contributed by atoms with Crippen molar-refractivity contribution >= 4 is 10.4 Å². The molecular formula is C4H10CuO5S.